The summed E-state index contributed by atoms with van der Waals surface area (Å²) in [6.07, 6.45) is 1.94. The number of benzene rings is 1. The van der Waals surface area contributed by atoms with Gasteiger partial charge in [-0.05, 0) is 30.5 Å². The van der Waals surface area contributed by atoms with Gasteiger partial charge in [0.25, 0.3) is 5.91 Å². The van der Waals surface area contributed by atoms with E-state index in [0.29, 0.717) is 31.7 Å². The van der Waals surface area contributed by atoms with Crippen molar-refractivity contribution in [3.05, 3.63) is 35.1 Å². The lowest BCUT2D eigenvalue weighted by molar-refractivity contribution is -0.134. The number of amides is 2. The van der Waals surface area contributed by atoms with Crippen molar-refractivity contribution in [2.75, 3.05) is 26.2 Å². The molecule has 0 atom stereocenters. The Labute approximate surface area is 128 Å². The van der Waals surface area contributed by atoms with Gasteiger partial charge in [-0.1, -0.05) is 6.07 Å². The van der Waals surface area contributed by atoms with E-state index in [0.717, 1.165) is 12.8 Å². The fraction of sp³-hybridized carbons (Fsp3) is 0.500. The molecule has 1 aliphatic carbocycles. The van der Waals surface area contributed by atoms with E-state index in [1.807, 2.05) is 0 Å². The Kier molecular flexibility index (Phi) is 4.11. The van der Waals surface area contributed by atoms with E-state index >= 15 is 0 Å². The van der Waals surface area contributed by atoms with Crippen LogP contribution in [-0.2, 0) is 11.4 Å². The van der Waals surface area contributed by atoms with Gasteiger partial charge >= 0.3 is 0 Å². The van der Waals surface area contributed by atoms with Gasteiger partial charge in [0, 0.05) is 32.1 Å². The topological polar surface area (TPSA) is 60.9 Å². The highest BCUT2D eigenvalue weighted by Crippen LogP contribution is 2.31. The summed E-state index contributed by atoms with van der Waals surface area (Å²) in [4.78, 5) is 27.8. The predicted octanol–water partition coefficient (Wildman–Crippen LogP) is 1.01. The Morgan fingerprint density at radius 2 is 1.77 bits per heavy atom. The molecule has 0 spiro atoms. The summed E-state index contributed by atoms with van der Waals surface area (Å²) in [6, 6.07) is 4.05. The van der Waals surface area contributed by atoms with E-state index in [4.69, 9.17) is 5.11 Å². The normalized spacial score (nSPS) is 18.5. The molecule has 0 unspecified atom stereocenters. The molecule has 0 radical (unpaired) electrons. The van der Waals surface area contributed by atoms with Crippen LogP contribution in [0, 0.1) is 11.7 Å². The molecule has 0 aromatic heterocycles. The Hall–Kier alpha value is -1.95. The number of nitrogens with zero attached hydrogens (tertiary/aromatic N) is 2. The summed E-state index contributed by atoms with van der Waals surface area (Å²) in [5, 5.41) is 9.11. The highest BCUT2D eigenvalue weighted by Gasteiger charge is 2.35. The van der Waals surface area contributed by atoms with Crippen molar-refractivity contribution in [1.82, 2.24) is 9.80 Å². The van der Waals surface area contributed by atoms with E-state index in [-0.39, 0.29) is 29.9 Å². The van der Waals surface area contributed by atoms with Crippen LogP contribution >= 0.6 is 0 Å². The Morgan fingerprint density at radius 1 is 1.14 bits per heavy atom. The first-order valence-corrected chi connectivity index (χ1v) is 7.57. The van der Waals surface area contributed by atoms with Gasteiger partial charge in [0.1, 0.15) is 5.82 Å². The number of halogens is 1. The zero-order valence-electron chi connectivity index (χ0n) is 12.3. The van der Waals surface area contributed by atoms with Crippen molar-refractivity contribution in [3.8, 4) is 0 Å². The van der Waals surface area contributed by atoms with Crippen LogP contribution in [-0.4, -0.2) is 52.9 Å². The van der Waals surface area contributed by atoms with Crippen LogP contribution in [0.25, 0.3) is 0 Å². The van der Waals surface area contributed by atoms with Crippen LogP contribution in [0.1, 0.15) is 28.8 Å². The van der Waals surface area contributed by atoms with Crippen molar-refractivity contribution >= 4 is 11.8 Å². The zero-order chi connectivity index (χ0) is 15.7. The Bertz CT molecular complexity index is 593. The predicted molar refractivity (Wildman–Crippen MR) is 77.5 cm³/mol. The third-order valence-corrected chi connectivity index (χ3v) is 4.25. The molecular weight excluding hydrogens is 287 g/mol. The molecule has 0 bridgehead atoms. The maximum Gasteiger partial charge on any atom is 0.256 e. The number of aliphatic hydroxyl groups excluding tert-OH is 1. The first-order chi connectivity index (χ1) is 10.6. The highest BCUT2D eigenvalue weighted by atomic mass is 19.1. The van der Waals surface area contributed by atoms with Gasteiger partial charge in [-0.15, -0.1) is 0 Å². The Balaban J connectivity index is 1.65. The summed E-state index contributed by atoms with van der Waals surface area (Å²) in [6.45, 7) is 1.61. The van der Waals surface area contributed by atoms with Gasteiger partial charge in [0.15, 0.2) is 0 Å². The number of rotatable bonds is 3. The molecule has 1 saturated heterocycles. The van der Waals surface area contributed by atoms with Gasteiger partial charge in [-0.3, -0.25) is 9.59 Å². The number of piperazine rings is 1. The van der Waals surface area contributed by atoms with Gasteiger partial charge < -0.3 is 14.9 Å². The van der Waals surface area contributed by atoms with Crippen LogP contribution in [0.3, 0.4) is 0 Å². The van der Waals surface area contributed by atoms with Gasteiger partial charge in [0.2, 0.25) is 5.91 Å². The lowest BCUT2D eigenvalue weighted by atomic mass is 10.1. The van der Waals surface area contributed by atoms with Crippen molar-refractivity contribution in [3.63, 3.8) is 0 Å². The van der Waals surface area contributed by atoms with Crippen LogP contribution in [0.5, 0.6) is 0 Å². The third-order valence-electron chi connectivity index (χ3n) is 4.25. The number of carbonyl (C=O) groups is 2. The summed E-state index contributed by atoms with van der Waals surface area (Å²) in [7, 11) is 0. The molecular formula is C16H19FN2O3. The van der Waals surface area contributed by atoms with E-state index < -0.39 is 5.82 Å². The van der Waals surface area contributed by atoms with Crippen LogP contribution < -0.4 is 0 Å². The minimum atomic E-state index is -0.585. The van der Waals surface area contributed by atoms with Crippen LogP contribution in [0.4, 0.5) is 4.39 Å². The zero-order valence-corrected chi connectivity index (χ0v) is 12.3. The van der Waals surface area contributed by atoms with Crippen molar-refractivity contribution in [2.45, 2.75) is 19.4 Å². The quantitative estimate of drug-likeness (QED) is 0.907. The number of hydrogen-bond donors (Lipinski definition) is 1. The third kappa shape index (κ3) is 2.97. The second-order valence-electron chi connectivity index (χ2n) is 5.86. The fourth-order valence-electron chi connectivity index (χ4n) is 2.72. The smallest absolute Gasteiger partial charge is 0.256 e. The van der Waals surface area contributed by atoms with Gasteiger partial charge in [-0.25, -0.2) is 4.39 Å². The van der Waals surface area contributed by atoms with Crippen molar-refractivity contribution in [1.29, 1.82) is 0 Å². The second kappa shape index (κ2) is 6.04. The summed E-state index contributed by atoms with van der Waals surface area (Å²) in [5.74, 6) is -0.605. The monoisotopic (exact) mass is 306 g/mol. The Morgan fingerprint density at radius 3 is 2.36 bits per heavy atom. The minimum Gasteiger partial charge on any atom is -0.392 e. The largest absolute Gasteiger partial charge is 0.392 e. The molecule has 22 heavy (non-hydrogen) atoms. The average Bonchev–Trinajstić information content (AvgIpc) is 3.39. The standard InChI is InChI=1S/C16H19FN2O3/c17-14-4-1-11(10-20)9-13(14)16(22)19-7-5-18(6-8-19)15(21)12-2-3-12/h1,4,9,12,20H,2-3,5-8,10H2. The molecule has 2 aliphatic rings. The van der Waals surface area contributed by atoms with Gasteiger partial charge in [-0.2, -0.15) is 0 Å². The molecule has 118 valence electrons. The van der Waals surface area contributed by atoms with E-state index in [1.165, 1.54) is 18.2 Å². The molecule has 1 heterocycles. The number of aliphatic hydroxyl groups is 1. The molecule has 1 aromatic carbocycles. The maximum absolute atomic E-state index is 13.8. The summed E-state index contributed by atoms with van der Waals surface area (Å²) >= 11 is 0. The first kappa shape index (κ1) is 15.0. The van der Waals surface area contributed by atoms with Crippen LogP contribution in [0.15, 0.2) is 18.2 Å². The molecule has 5 nitrogen and oxygen atoms in total. The molecule has 2 amide bonds. The molecule has 1 aromatic rings. The van der Waals surface area contributed by atoms with Crippen molar-refractivity contribution in [2.24, 2.45) is 5.92 Å². The lowest BCUT2D eigenvalue weighted by Gasteiger charge is -2.35. The summed E-state index contributed by atoms with van der Waals surface area (Å²) < 4.78 is 13.8. The summed E-state index contributed by atoms with van der Waals surface area (Å²) in [5.41, 5.74) is 0.487. The SMILES string of the molecule is O=C(c1cc(CO)ccc1F)N1CCN(C(=O)C2CC2)CC1. The molecule has 1 N–H and O–H groups in total. The highest BCUT2D eigenvalue weighted by molar-refractivity contribution is 5.95. The van der Waals surface area contributed by atoms with E-state index in [2.05, 4.69) is 0 Å². The number of carbonyl (C=O) groups excluding carboxylic acids is 2. The lowest BCUT2D eigenvalue weighted by Crippen LogP contribution is -2.51. The molecule has 3 rings (SSSR count). The molecule has 1 saturated carbocycles. The average molecular weight is 306 g/mol. The molecule has 6 heteroatoms. The molecule has 1 aliphatic heterocycles. The number of hydrogen-bond acceptors (Lipinski definition) is 3. The maximum atomic E-state index is 13.8. The van der Waals surface area contributed by atoms with Crippen LogP contribution in [0.2, 0.25) is 0 Å². The van der Waals surface area contributed by atoms with Crippen molar-refractivity contribution < 1.29 is 19.1 Å². The van der Waals surface area contributed by atoms with Gasteiger partial charge in [0.05, 0.1) is 12.2 Å². The fourth-order valence-corrected chi connectivity index (χ4v) is 2.72. The minimum absolute atomic E-state index is 0.0199. The van der Waals surface area contributed by atoms with E-state index in [1.54, 1.807) is 9.80 Å². The van der Waals surface area contributed by atoms with E-state index in [9.17, 15) is 14.0 Å². The first-order valence-electron chi connectivity index (χ1n) is 7.57. The second-order valence-corrected chi connectivity index (χ2v) is 5.86. The molecule has 2 fully saturated rings.